The number of likely N-dealkylation sites (tertiary alicyclic amines) is 1. The predicted molar refractivity (Wildman–Crippen MR) is 93.9 cm³/mol. The van der Waals surface area contributed by atoms with Crippen molar-refractivity contribution in [1.82, 2.24) is 15.0 Å². The molecule has 1 aliphatic rings. The van der Waals surface area contributed by atoms with E-state index in [4.69, 9.17) is 16.1 Å². The Morgan fingerprint density at radius 2 is 2.04 bits per heavy atom. The number of aliphatic carboxylic acids is 1. The number of carbonyl (C=O) groups excluding carboxylic acids is 1. The van der Waals surface area contributed by atoms with Gasteiger partial charge in [0.05, 0.1) is 5.92 Å². The number of carboxylic acid groups (broad SMARTS) is 1. The van der Waals surface area contributed by atoms with Gasteiger partial charge >= 0.3 is 5.97 Å². The van der Waals surface area contributed by atoms with E-state index in [0.717, 1.165) is 5.56 Å². The monoisotopic (exact) mass is 377 g/mol. The van der Waals surface area contributed by atoms with Gasteiger partial charge in [-0.15, -0.1) is 0 Å². The predicted octanol–water partition coefficient (Wildman–Crippen LogP) is 2.68. The molecule has 1 fully saturated rings. The van der Waals surface area contributed by atoms with E-state index < -0.39 is 11.9 Å². The minimum atomic E-state index is -0.887. The molecule has 0 aliphatic carbocycles. The van der Waals surface area contributed by atoms with Crippen LogP contribution in [0.15, 0.2) is 28.8 Å². The minimum Gasteiger partial charge on any atom is -0.481 e. The van der Waals surface area contributed by atoms with Crippen molar-refractivity contribution in [2.75, 3.05) is 13.1 Å². The van der Waals surface area contributed by atoms with Crippen LogP contribution in [0.5, 0.6) is 0 Å². The van der Waals surface area contributed by atoms with Crippen molar-refractivity contribution in [2.24, 2.45) is 5.92 Å². The van der Waals surface area contributed by atoms with Crippen molar-refractivity contribution >= 4 is 23.5 Å². The number of hydrogen-bond acceptors (Lipinski definition) is 5. The number of halogens is 1. The Labute approximate surface area is 155 Å². The number of nitrogens with zero attached hydrogens (tertiary/aromatic N) is 3. The van der Waals surface area contributed by atoms with Crippen LogP contribution in [0.4, 0.5) is 0 Å². The summed E-state index contributed by atoms with van der Waals surface area (Å²) in [4.78, 5) is 29.9. The normalized spacial score (nSPS) is 19.7. The third-order valence-electron chi connectivity index (χ3n) is 4.64. The maximum atomic E-state index is 12.5. The van der Waals surface area contributed by atoms with E-state index in [-0.39, 0.29) is 18.4 Å². The third-order valence-corrected chi connectivity index (χ3v) is 4.89. The Morgan fingerprint density at radius 3 is 2.65 bits per heavy atom. The second-order valence-electron chi connectivity index (χ2n) is 6.49. The lowest BCUT2D eigenvalue weighted by atomic mass is 9.89. The Bertz CT molecular complexity index is 790. The van der Waals surface area contributed by atoms with Crippen LogP contribution >= 0.6 is 11.6 Å². The number of hydrogen-bond donors (Lipinski definition) is 1. The molecule has 0 saturated carbocycles. The van der Waals surface area contributed by atoms with Crippen molar-refractivity contribution in [2.45, 2.75) is 32.1 Å². The second kappa shape index (κ2) is 7.86. The van der Waals surface area contributed by atoms with E-state index in [1.807, 2.05) is 12.1 Å². The quantitative estimate of drug-likeness (QED) is 0.831. The summed E-state index contributed by atoms with van der Waals surface area (Å²) in [7, 11) is 0. The summed E-state index contributed by atoms with van der Waals surface area (Å²) in [6.45, 7) is 2.36. The Hall–Kier alpha value is -2.41. The van der Waals surface area contributed by atoms with Gasteiger partial charge in [0.2, 0.25) is 11.8 Å². The molecule has 0 spiro atoms. The first-order valence-electron chi connectivity index (χ1n) is 8.49. The topological polar surface area (TPSA) is 96.5 Å². The molecule has 1 N–H and O–H groups in total. The Balaban J connectivity index is 1.60. The van der Waals surface area contributed by atoms with Crippen molar-refractivity contribution in [3.63, 3.8) is 0 Å². The highest BCUT2D eigenvalue weighted by Gasteiger charge is 2.40. The van der Waals surface area contributed by atoms with E-state index in [9.17, 15) is 14.7 Å². The highest BCUT2D eigenvalue weighted by atomic mass is 35.5. The first-order chi connectivity index (χ1) is 12.4. The fourth-order valence-electron chi connectivity index (χ4n) is 3.30. The summed E-state index contributed by atoms with van der Waals surface area (Å²) in [5.41, 5.74) is 0.887. The van der Waals surface area contributed by atoms with Gasteiger partial charge < -0.3 is 14.5 Å². The van der Waals surface area contributed by atoms with Gasteiger partial charge in [0.1, 0.15) is 0 Å². The molecule has 1 saturated heterocycles. The molecule has 2 aromatic rings. The van der Waals surface area contributed by atoms with E-state index in [2.05, 4.69) is 10.1 Å². The maximum Gasteiger partial charge on any atom is 0.308 e. The number of benzene rings is 1. The van der Waals surface area contributed by atoms with Crippen LogP contribution in [0.3, 0.4) is 0 Å². The molecule has 0 radical (unpaired) electrons. The lowest BCUT2D eigenvalue weighted by molar-refractivity contribution is -0.141. The van der Waals surface area contributed by atoms with Crippen molar-refractivity contribution in [1.29, 1.82) is 0 Å². The maximum absolute atomic E-state index is 12.5. The number of aromatic nitrogens is 2. The molecule has 1 aliphatic heterocycles. The lowest BCUT2D eigenvalue weighted by Gasteiger charge is -2.16. The van der Waals surface area contributed by atoms with Crippen molar-refractivity contribution in [3.8, 4) is 0 Å². The number of carboxylic acids is 1. The van der Waals surface area contributed by atoms with Crippen LogP contribution in [0, 0.1) is 12.8 Å². The molecule has 8 heteroatoms. The van der Waals surface area contributed by atoms with Crippen LogP contribution < -0.4 is 0 Å². The van der Waals surface area contributed by atoms with Crippen LogP contribution in [0.25, 0.3) is 0 Å². The van der Waals surface area contributed by atoms with Crippen molar-refractivity contribution < 1.29 is 19.2 Å². The zero-order chi connectivity index (χ0) is 18.7. The summed E-state index contributed by atoms with van der Waals surface area (Å²) in [5.74, 6) is -0.697. The number of carbonyl (C=O) groups is 2. The largest absolute Gasteiger partial charge is 0.481 e. The molecule has 0 unspecified atom stereocenters. The zero-order valence-corrected chi connectivity index (χ0v) is 15.1. The first kappa shape index (κ1) is 18.4. The van der Waals surface area contributed by atoms with E-state index >= 15 is 0 Å². The molecule has 0 bridgehead atoms. The van der Waals surface area contributed by atoms with Gasteiger partial charge in [-0.3, -0.25) is 9.59 Å². The highest BCUT2D eigenvalue weighted by molar-refractivity contribution is 6.30. The van der Waals surface area contributed by atoms with Gasteiger partial charge in [0, 0.05) is 36.9 Å². The molecular weight excluding hydrogens is 358 g/mol. The van der Waals surface area contributed by atoms with Crippen LogP contribution in [-0.4, -0.2) is 45.1 Å². The summed E-state index contributed by atoms with van der Waals surface area (Å²) >= 11 is 5.91. The summed E-state index contributed by atoms with van der Waals surface area (Å²) in [5, 5.41) is 13.8. The van der Waals surface area contributed by atoms with Gasteiger partial charge in [-0.2, -0.15) is 4.98 Å². The number of aryl methyl sites for hydroxylation is 2. The van der Waals surface area contributed by atoms with Gasteiger partial charge in [-0.25, -0.2) is 0 Å². The molecule has 3 rings (SSSR count). The molecule has 1 amide bonds. The summed E-state index contributed by atoms with van der Waals surface area (Å²) in [6, 6.07) is 7.14. The third kappa shape index (κ3) is 4.22. The van der Waals surface area contributed by atoms with E-state index in [1.54, 1.807) is 24.0 Å². The van der Waals surface area contributed by atoms with Crippen LogP contribution in [-0.2, 0) is 16.0 Å². The molecule has 2 heterocycles. The molecule has 138 valence electrons. The van der Waals surface area contributed by atoms with E-state index in [1.165, 1.54) is 0 Å². The van der Waals surface area contributed by atoms with Gasteiger partial charge in [0.15, 0.2) is 5.82 Å². The second-order valence-corrected chi connectivity index (χ2v) is 6.93. The molecule has 26 heavy (non-hydrogen) atoms. The average Bonchev–Trinajstić information content (AvgIpc) is 3.22. The van der Waals surface area contributed by atoms with Crippen LogP contribution in [0.1, 0.15) is 36.0 Å². The Kier molecular flexibility index (Phi) is 5.56. The Morgan fingerprint density at radius 1 is 1.31 bits per heavy atom. The average molecular weight is 378 g/mol. The van der Waals surface area contributed by atoms with Gasteiger partial charge in [-0.05, 0) is 31.0 Å². The standard InChI is InChI=1S/C18H20ClN3O4/c1-11-20-16(26-21-11)3-2-4-17(23)22-9-14(15(10-22)18(24)25)12-5-7-13(19)8-6-12/h5-8,14-15H,2-4,9-10H2,1H3,(H,24,25)/t14-,15+/m0/s1. The molecule has 7 nitrogen and oxygen atoms in total. The number of amides is 1. The summed E-state index contributed by atoms with van der Waals surface area (Å²) < 4.78 is 5.03. The summed E-state index contributed by atoms with van der Waals surface area (Å²) in [6.07, 6.45) is 1.44. The smallest absolute Gasteiger partial charge is 0.308 e. The molecule has 2 atom stereocenters. The highest BCUT2D eigenvalue weighted by Crippen LogP contribution is 2.34. The van der Waals surface area contributed by atoms with Gasteiger partial charge in [-0.1, -0.05) is 28.9 Å². The van der Waals surface area contributed by atoms with E-state index in [0.29, 0.717) is 42.5 Å². The van der Waals surface area contributed by atoms with Crippen molar-refractivity contribution in [3.05, 3.63) is 46.6 Å². The molecular formula is C18H20ClN3O4. The lowest BCUT2D eigenvalue weighted by Crippen LogP contribution is -2.29. The SMILES string of the molecule is Cc1noc(CCCC(=O)N2C[C@@H](C(=O)O)[C@H](c3ccc(Cl)cc3)C2)n1. The molecule has 1 aromatic carbocycles. The van der Waals surface area contributed by atoms with Crippen LogP contribution in [0.2, 0.25) is 5.02 Å². The minimum absolute atomic E-state index is 0.0519. The first-order valence-corrected chi connectivity index (χ1v) is 8.87. The fraction of sp³-hybridized carbons (Fsp3) is 0.444. The molecule has 1 aromatic heterocycles. The fourth-order valence-corrected chi connectivity index (χ4v) is 3.42. The zero-order valence-electron chi connectivity index (χ0n) is 14.4. The van der Waals surface area contributed by atoms with Gasteiger partial charge in [0.25, 0.3) is 0 Å². The number of rotatable bonds is 6.